The van der Waals surface area contributed by atoms with Crippen LogP contribution in [0.1, 0.15) is 11.1 Å². The van der Waals surface area contributed by atoms with Crippen LogP contribution in [-0.4, -0.2) is 0 Å². The molecule has 3 heteroatoms. The number of hydrogen-bond acceptors (Lipinski definition) is 2. The third kappa shape index (κ3) is 2.61. The van der Waals surface area contributed by atoms with E-state index < -0.39 is 0 Å². The molecule has 3 nitrogen and oxygen atoms in total. The van der Waals surface area contributed by atoms with Crippen LogP contribution < -0.4 is 4.57 Å². The molecule has 2 aromatic heterocycles. The second-order valence-electron chi connectivity index (χ2n) is 7.27. The van der Waals surface area contributed by atoms with Crippen LogP contribution in [0.2, 0.25) is 0 Å². The number of pyridine rings is 1. The number of fused-ring (bicyclic) bond motifs is 3. The Morgan fingerprint density at radius 3 is 2.41 bits per heavy atom. The predicted octanol–water partition coefficient (Wildman–Crippen LogP) is 5.92. The van der Waals surface area contributed by atoms with E-state index in [0.717, 1.165) is 49.9 Å². The zero-order valence-electron chi connectivity index (χ0n) is 16.3. The largest absolute Gasteiger partial charge is 0.455 e. The van der Waals surface area contributed by atoms with E-state index in [-0.39, 0.29) is 0 Å². The van der Waals surface area contributed by atoms with Crippen LogP contribution in [0.3, 0.4) is 0 Å². The lowest BCUT2D eigenvalue weighted by atomic mass is 9.93. The normalized spacial score (nSPS) is 11.1. The van der Waals surface area contributed by atoms with E-state index >= 15 is 0 Å². The van der Waals surface area contributed by atoms with Gasteiger partial charge in [0, 0.05) is 28.5 Å². The maximum Gasteiger partial charge on any atom is 0.216 e. The molecule has 0 saturated carbocycles. The molecular formula is C26H19N2O+. The first-order valence-electron chi connectivity index (χ1n) is 9.58. The number of rotatable bonds is 2. The molecule has 0 aliphatic carbocycles. The van der Waals surface area contributed by atoms with Gasteiger partial charge in [-0.15, -0.1) is 0 Å². The number of nitriles is 1. The molecule has 0 aliphatic rings. The Balaban J connectivity index is 1.95. The Labute approximate surface area is 169 Å². The van der Waals surface area contributed by atoms with Crippen LogP contribution in [0.5, 0.6) is 0 Å². The monoisotopic (exact) mass is 375 g/mol. The Kier molecular flexibility index (Phi) is 3.93. The van der Waals surface area contributed by atoms with E-state index in [1.165, 1.54) is 0 Å². The van der Waals surface area contributed by atoms with E-state index in [0.29, 0.717) is 5.56 Å². The van der Waals surface area contributed by atoms with Gasteiger partial charge < -0.3 is 4.42 Å². The summed E-state index contributed by atoms with van der Waals surface area (Å²) in [4.78, 5) is 0. The summed E-state index contributed by atoms with van der Waals surface area (Å²) < 4.78 is 8.52. The predicted molar refractivity (Wildman–Crippen MR) is 115 cm³/mol. The highest BCUT2D eigenvalue weighted by Crippen LogP contribution is 2.42. The van der Waals surface area contributed by atoms with Crippen molar-refractivity contribution in [1.82, 2.24) is 0 Å². The van der Waals surface area contributed by atoms with Gasteiger partial charge in [-0.05, 0) is 36.2 Å². The SMILES string of the molecule is Cc1ccc2c(oc3ccc(C#N)c(-c4ccccc4)c32)c1-c1cccc[n+]1C. The zero-order chi connectivity index (χ0) is 20.0. The minimum Gasteiger partial charge on any atom is -0.455 e. The summed E-state index contributed by atoms with van der Waals surface area (Å²) in [6, 6.07) is 26.6. The Morgan fingerprint density at radius 1 is 0.862 bits per heavy atom. The van der Waals surface area contributed by atoms with Crippen LogP contribution in [0, 0.1) is 18.3 Å². The van der Waals surface area contributed by atoms with E-state index in [1.54, 1.807) is 0 Å². The van der Waals surface area contributed by atoms with Gasteiger partial charge in [0.2, 0.25) is 5.69 Å². The zero-order valence-corrected chi connectivity index (χ0v) is 16.3. The standard InChI is InChI=1S/C26H19N2O/c1-17-11-13-20-25-22(29-26(20)23(17)21-10-6-7-15-28(21)2)14-12-19(16-27)24(25)18-8-4-3-5-9-18/h3-15H,1-2H3/q+1. The molecule has 0 N–H and O–H groups in total. The van der Waals surface area contributed by atoms with Crippen LogP contribution in [0.15, 0.2) is 83.4 Å². The molecule has 0 atom stereocenters. The maximum absolute atomic E-state index is 9.78. The van der Waals surface area contributed by atoms with Crippen LogP contribution in [0.25, 0.3) is 44.3 Å². The topological polar surface area (TPSA) is 40.8 Å². The molecule has 29 heavy (non-hydrogen) atoms. The summed E-state index contributed by atoms with van der Waals surface area (Å²) in [5.41, 5.74) is 7.58. The van der Waals surface area contributed by atoms with Crippen LogP contribution in [-0.2, 0) is 7.05 Å². The highest BCUT2D eigenvalue weighted by atomic mass is 16.3. The fourth-order valence-electron chi connectivity index (χ4n) is 4.13. The molecule has 0 spiro atoms. The van der Waals surface area contributed by atoms with Crippen molar-refractivity contribution in [3.05, 3.63) is 90.1 Å². The molecule has 0 radical (unpaired) electrons. The van der Waals surface area contributed by atoms with E-state index in [9.17, 15) is 5.26 Å². The summed E-state index contributed by atoms with van der Waals surface area (Å²) in [5.74, 6) is 0. The third-order valence-corrected chi connectivity index (χ3v) is 5.51. The van der Waals surface area contributed by atoms with Gasteiger partial charge in [-0.25, -0.2) is 4.57 Å². The van der Waals surface area contributed by atoms with Crippen molar-refractivity contribution in [2.45, 2.75) is 6.92 Å². The fourth-order valence-corrected chi connectivity index (χ4v) is 4.13. The second-order valence-corrected chi connectivity index (χ2v) is 7.27. The lowest BCUT2D eigenvalue weighted by Crippen LogP contribution is -2.30. The number of furan rings is 1. The van der Waals surface area contributed by atoms with Crippen molar-refractivity contribution in [3.63, 3.8) is 0 Å². The molecule has 0 aliphatic heterocycles. The summed E-state index contributed by atoms with van der Waals surface area (Å²) in [7, 11) is 2.04. The van der Waals surface area contributed by atoms with Gasteiger partial charge >= 0.3 is 0 Å². The van der Waals surface area contributed by atoms with Crippen molar-refractivity contribution in [2.24, 2.45) is 7.05 Å². The highest BCUT2D eigenvalue weighted by Gasteiger charge is 2.22. The van der Waals surface area contributed by atoms with Crippen molar-refractivity contribution in [3.8, 4) is 28.5 Å². The minimum absolute atomic E-state index is 0.652. The molecule has 0 bridgehead atoms. The first-order chi connectivity index (χ1) is 14.2. The van der Waals surface area contributed by atoms with E-state index in [1.807, 2.05) is 67.8 Å². The van der Waals surface area contributed by atoms with E-state index in [2.05, 4.69) is 35.8 Å². The highest BCUT2D eigenvalue weighted by molar-refractivity contribution is 6.16. The number of aryl methyl sites for hydroxylation is 2. The summed E-state index contributed by atoms with van der Waals surface area (Å²) in [6.45, 7) is 2.10. The number of benzene rings is 3. The van der Waals surface area contributed by atoms with Crippen LogP contribution in [0.4, 0.5) is 0 Å². The molecule has 0 unspecified atom stereocenters. The lowest BCUT2D eigenvalue weighted by molar-refractivity contribution is -0.660. The van der Waals surface area contributed by atoms with Gasteiger partial charge in [0.25, 0.3) is 0 Å². The smallest absolute Gasteiger partial charge is 0.216 e. The third-order valence-electron chi connectivity index (χ3n) is 5.51. The number of hydrogen-bond donors (Lipinski definition) is 0. The molecule has 5 aromatic rings. The second kappa shape index (κ2) is 6.61. The van der Waals surface area contributed by atoms with Gasteiger partial charge in [0.15, 0.2) is 6.20 Å². The lowest BCUT2D eigenvalue weighted by Gasteiger charge is -2.07. The van der Waals surface area contributed by atoms with Crippen molar-refractivity contribution in [2.75, 3.05) is 0 Å². The average Bonchev–Trinajstić information content (AvgIpc) is 3.13. The summed E-state index contributed by atoms with van der Waals surface area (Å²) >= 11 is 0. The molecule has 5 rings (SSSR count). The quantitative estimate of drug-likeness (QED) is 0.359. The Morgan fingerprint density at radius 2 is 1.66 bits per heavy atom. The van der Waals surface area contributed by atoms with Crippen molar-refractivity contribution >= 4 is 21.9 Å². The molecule has 3 aromatic carbocycles. The van der Waals surface area contributed by atoms with Gasteiger partial charge in [0.05, 0.1) is 17.2 Å². The molecule has 0 amide bonds. The Bertz CT molecular complexity index is 1420. The fraction of sp³-hybridized carbons (Fsp3) is 0.0769. The van der Waals surface area contributed by atoms with Crippen molar-refractivity contribution in [1.29, 1.82) is 5.26 Å². The maximum atomic E-state index is 9.78. The van der Waals surface area contributed by atoms with Crippen molar-refractivity contribution < 1.29 is 8.98 Å². The molecule has 0 saturated heterocycles. The van der Waals surface area contributed by atoms with Gasteiger partial charge in [-0.2, -0.15) is 5.26 Å². The minimum atomic E-state index is 0.652. The van der Waals surface area contributed by atoms with Gasteiger partial charge in [-0.3, -0.25) is 0 Å². The molecule has 2 heterocycles. The first-order valence-corrected chi connectivity index (χ1v) is 9.58. The molecule has 0 fully saturated rings. The number of aromatic nitrogens is 1. The molecular weight excluding hydrogens is 356 g/mol. The molecule has 138 valence electrons. The van der Waals surface area contributed by atoms with Gasteiger partial charge in [-0.1, -0.05) is 42.5 Å². The number of nitrogens with zero attached hydrogens (tertiary/aromatic N) is 2. The Hall–Kier alpha value is -3.90. The summed E-state index contributed by atoms with van der Waals surface area (Å²) in [6.07, 6.45) is 2.04. The first kappa shape index (κ1) is 17.2. The van der Waals surface area contributed by atoms with Gasteiger partial charge in [0.1, 0.15) is 18.2 Å². The summed E-state index contributed by atoms with van der Waals surface area (Å²) in [5, 5.41) is 11.8. The average molecular weight is 375 g/mol. The van der Waals surface area contributed by atoms with E-state index in [4.69, 9.17) is 4.42 Å². The van der Waals surface area contributed by atoms with Crippen LogP contribution >= 0.6 is 0 Å².